The van der Waals surface area contributed by atoms with Gasteiger partial charge in [0, 0.05) is 27.1 Å². The van der Waals surface area contributed by atoms with Gasteiger partial charge in [-0.2, -0.15) is 0 Å². The average Bonchev–Trinajstić information content (AvgIpc) is 2.81. The van der Waals surface area contributed by atoms with Crippen molar-refractivity contribution in [1.29, 1.82) is 0 Å². The number of fused-ring (bicyclic) bond motifs is 1. The summed E-state index contributed by atoms with van der Waals surface area (Å²) < 4.78 is 24.3. The molecule has 7 heteroatoms. The molecule has 1 aromatic heterocycles. The van der Waals surface area contributed by atoms with E-state index in [0.717, 1.165) is 20.9 Å². The van der Waals surface area contributed by atoms with Gasteiger partial charge in [-0.1, -0.05) is 15.9 Å². The number of halogens is 1. The van der Waals surface area contributed by atoms with E-state index in [1.807, 2.05) is 18.2 Å². The number of nitrogens with two attached hydrogens (primary N) is 1. The Labute approximate surface area is 126 Å². The summed E-state index contributed by atoms with van der Waals surface area (Å²) in [4.78, 5) is 3.12. The summed E-state index contributed by atoms with van der Waals surface area (Å²) in [5.74, 6) is -0.814. The second kappa shape index (κ2) is 6.41. The van der Waals surface area contributed by atoms with E-state index >= 15 is 0 Å². The summed E-state index contributed by atoms with van der Waals surface area (Å²) >= 11 is 3.43. The van der Waals surface area contributed by atoms with E-state index in [-0.39, 0.29) is 13.2 Å². The zero-order chi connectivity index (χ0) is 14.8. The summed E-state index contributed by atoms with van der Waals surface area (Å²) in [6, 6.07) is 5.80. The van der Waals surface area contributed by atoms with Gasteiger partial charge in [-0.25, -0.2) is 0 Å². The van der Waals surface area contributed by atoms with Crippen molar-refractivity contribution in [3.8, 4) is 0 Å². The van der Waals surface area contributed by atoms with Crippen LogP contribution in [-0.2, 0) is 13.6 Å². The Kier molecular flexibility index (Phi) is 5.04. The average molecular weight is 361 g/mol. The Balaban J connectivity index is 2.46. The third-order valence-corrected chi connectivity index (χ3v) is 5.64. The first kappa shape index (κ1) is 15.7. The van der Waals surface area contributed by atoms with E-state index in [4.69, 9.17) is 14.8 Å². The molecule has 0 aliphatic heterocycles. The van der Waals surface area contributed by atoms with Crippen molar-refractivity contribution < 1.29 is 13.6 Å². The minimum atomic E-state index is -3.38. The summed E-state index contributed by atoms with van der Waals surface area (Å²) in [6.07, 6.45) is 1.76. The Morgan fingerprint density at radius 1 is 1.35 bits per heavy atom. The molecule has 3 N–H and O–H groups in total. The number of hydrogen-bond acceptors (Lipinski definition) is 4. The van der Waals surface area contributed by atoms with Crippen LogP contribution in [0.5, 0.6) is 0 Å². The zero-order valence-electron chi connectivity index (χ0n) is 11.4. The molecular formula is C13H18BrN2O3P. The Morgan fingerprint density at radius 2 is 2.00 bits per heavy atom. The lowest BCUT2D eigenvalue weighted by Crippen LogP contribution is -2.14. The number of hydrogen-bond donors (Lipinski definition) is 2. The first-order valence-electron chi connectivity index (χ1n) is 6.42. The maximum atomic E-state index is 12.7. The van der Waals surface area contributed by atoms with E-state index in [9.17, 15) is 4.57 Å². The van der Waals surface area contributed by atoms with Gasteiger partial charge < -0.3 is 19.8 Å². The second-order valence-corrected chi connectivity index (χ2v) is 7.32. The van der Waals surface area contributed by atoms with Crippen LogP contribution < -0.4 is 5.73 Å². The van der Waals surface area contributed by atoms with Crippen LogP contribution in [0.1, 0.15) is 25.2 Å². The Bertz CT molecular complexity index is 634. The molecule has 0 saturated carbocycles. The number of H-pyrrole nitrogens is 1. The van der Waals surface area contributed by atoms with Crippen molar-refractivity contribution in [1.82, 2.24) is 4.98 Å². The van der Waals surface area contributed by atoms with Gasteiger partial charge in [0.25, 0.3) is 0 Å². The van der Waals surface area contributed by atoms with Gasteiger partial charge >= 0.3 is 7.60 Å². The third-order valence-electron chi connectivity index (χ3n) is 2.95. The second-order valence-electron chi connectivity index (χ2n) is 4.25. The van der Waals surface area contributed by atoms with Crippen LogP contribution in [0.3, 0.4) is 0 Å². The van der Waals surface area contributed by atoms with Gasteiger partial charge in [0.2, 0.25) is 0 Å². The van der Waals surface area contributed by atoms with Crippen LogP contribution in [0.15, 0.2) is 28.9 Å². The molecular weight excluding hydrogens is 343 g/mol. The van der Waals surface area contributed by atoms with Crippen molar-refractivity contribution in [3.63, 3.8) is 0 Å². The fourth-order valence-electron chi connectivity index (χ4n) is 2.09. The van der Waals surface area contributed by atoms with Gasteiger partial charge in [0.1, 0.15) is 5.78 Å². The minimum absolute atomic E-state index is 0.289. The molecule has 0 bridgehead atoms. The molecule has 110 valence electrons. The summed E-state index contributed by atoms with van der Waals surface area (Å²) in [5.41, 5.74) is 7.81. The molecule has 0 spiro atoms. The van der Waals surface area contributed by atoms with Crippen molar-refractivity contribution in [3.05, 3.63) is 34.4 Å². The number of nitrogens with one attached hydrogen (secondary N) is 1. The van der Waals surface area contributed by atoms with E-state index < -0.39 is 13.4 Å². The molecule has 5 nitrogen and oxygen atoms in total. The molecule has 1 atom stereocenters. The lowest BCUT2D eigenvalue weighted by Gasteiger charge is -2.22. The smallest absolute Gasteiger partial charge is 0.351 e. The van der Waals surface area contributed by atoms with Gasteiger partial charge in [-0.05, 0) is 32.0 Å². The van der Waals surface area contributed by atoms with Crippen LogP contribution in [0.4, 0.5) is 0 Å². The van der Waals surface area contributed by atoms with Gasteiger partial charge in [-0.15, -0.1) is 0 Å². The molecule has 0 aliphatic carbocycles. The normalized spacial score (nSPS) is 13.8. The van der Waals surface area contributed by atoms with Gasteiger partial charge in [0.05, 0.1) is 13.2 Å². The van der Waals surface area contributed by atoms with Crippen LogP contribution in [-0.4, -0.2) is 18.2 Å². The lowest BCUT2D eigenvalue weighted by molar-refractivity contribution is 0.212. The predicted octanol–water partition coefficient (Wildman–Crippen LogP) is 4.15. The SMILES string of the molecule is CCOP(=O)(OCC)[C@@H](N)c1c[nH]c2ccc(Br)cc12. The fourth-order valence-corrected chi connectivity index (χ4v) is 4.12. The molecule has 0 saturated heterocycles. The van der Waals surface area contributed by atoms with Crippen LogP contribution in [0.2, 0.25) is 0 Å². The molecule has 0 radical (unpaired) electrons. The highest BCUT2D eigenvalue weighted by molar-refractivity contribution is 9.10. The summed E-state index contributed by atoms with van der Waals surface area (Å²) in [7, 11) is -3.38. The van der Waals surface area contributed by atoms with E-state index in [2.05, 4.69) is 20.9 Å². The van der Waals surface area contributed by atoms with E-state index in [1.165, 1.54) is 0 Å². The highest BCUT2D eigenvalue weighted by atomic mass is 79.9. The first-order valence-corrected chi connectivity index (χ1v) is 8.83. The van der Waals surface area contributed by atoms with Crippen LogP contribution in [0, 0.1) is 0 Å². The molecule has 0 aliphatic rings. The number of rotatable bonds is 6. The first-order chi connectivity index (χ1) is 9.51. The third kappa shape index (κ3) is 3.00. The molecule has 20 heavy (non-hydrogen) atoms. The number of aromatic amines is 1. The molecule has 1 heterocycles. The van der Waals surface area contributed by atoms with Crippen molar-refractivity contribution in [2.45, 2.75) is 19.6 Å². The number of benzene rings is 1. The highest BCUT2D eigenvalue weighted by Gasteiger charge is 2.35. The molecule has 2 aromatic rings. The minimum Gasteiger partial charge on any atom is -0.361 e. The van der Waals surface area contributed by atoms with E-state index in [0.29, 0.717) is 0 Å². The maximum Gasteiger partial charge on any atom is 0.351 e. The van der Waals surface area contributed by atoms with Crippen LogP contribution >= 0.6 is 23.5 Å². The lowest BCUT2D eigenvalue weighted by atomic mass is 10.2. The summed E-state index contributed by atoms with van der Waals surface area (Å²) in [5, 5.41) is 0.909. The topological polar surface area (TPSA) is 77.3 Å². The predicted molar refractivity (Wildman–Crippen MR) is 83.8 cm³/mol. The molecule has 0 unspecified atom stereocenters. The maximum absolute atomic E-state index is 12.7. The molecule has 0 amide bonds. The van der Waals surface area contributed by atoms with Gasteiger partial charge in [0.15, 0.2) is 0 Å². The van der Waals surface area contributed by atoms with Gasteiger partial charge in [-0.3, -0.25) is 4.57 Å². The number of aromatic nitrogens is 1. The Hall–Kier alpha value is -0.650. The van der Waals surface area contributed by atoms with Crippen molar-refractivity contribution in [2.75, 3.05) is 13.2 Å². The molecule has 0 fully saturated rings. The standard InChI is InChI=1S/C13H18BrN2O3P/c1-3-18-20(17,19-4-2)13(15)11-8-16-12-6-5-9(14)7-10(11)12/h5-8,13,16H,3-4,15H2,1-2H3/t13-/m1/s1. The van der Waals surface area contributed by atoms with E-state index in [1.54, 1.807) is 20.0 Å². The summed E-state index contributed by atoms with van der Waals surface area (Å²) in [6.45, 7) is 4.11. The highest BCUT2D eigenvalue weighted by Crippen LogP contribution is 2.59. The van der Waals surface area contributed by atoms with Crippen molar-refractivity contribution in [2.24, 2.45) is 5.73 Å². The van der Waals surface area contributed by atoms with Crippen molar-refractivity contribution >= 4 is 34.4 Å². The fraction of sp³-hybridized carbons (Fsp3) is 0.385. The molecule has 2 rings (SSSR count). The quantitative estimate of drug-likeness (QED) is 0.758. The Morgan fingerprint density at radius 3 is 2.60 bits per heavy atom. The zero-order valence-corrected chi connectivity index (χ0v) is 13.9. The molecule has 1 aromatic carbocycles. The largest absolute Gasteiger partial charge is 0.361 e. The van der Waals surface area contributed by atoms with Crippen LogP contribution in [0.25, 0.3) is 10.9 Å². The monoisotopic (exact) mass is 360 g/mol.